The van der Waals surface area contributed by atoms with Gasteiger partial charge in [-0.1, -0.05) is 0 Å². The lowest BCUT2D eigenvalue weighted by molar-refractivity contribution is -0.138. The molecule has 0 saturated carbocycles. The zero-order valence-corrected chi connectivity index (χ0v) is 11.2. The van der Waals surface area contributed by atoms with E-state index in [0.29, 0.717) is 13.1 Å². The third-order valence-electron chi connectivity index (χ3n) is 2.24. The molecule has 0 aromatic carbocycles. The predicted molar refractivity (Wildman–Crippen MR) is 67.9 cm³/mol. The fourth-order valence-corrected chi connectivity index (χ4v) is 1.37. The Morgan fingerprint density at radius 3 is 2.29 bits per heavy atom. The maximum Gasteiger partial charge on any atom is 0.293 e. The van der Waals surface area contributed by atoms with Crippen LogP contribution in [0.3, 0.4) is 0 Å². The van der Waals surface area contributed by atoms with E-state index in [0.717, 1.165) is 39.1 Å². The van der Waals surface area contributed by atoms with Gasteiger partial charge in [-0.05, 0) is 27.2 Å². The van der Waals surface area contributed by atoms with Crippen LogP contribution in [0.5, 0.6) is 0 Å². The summed E-state index contributed by atoms with van der Waals surface area (Å²) in [4.78, 5) is 12.0. The van der Waals surface area contributed by atoms with Gasteiger partial charge in [-0.15, -0.1) is 0 Å². The second-order valence-electron chi connectivity index (χ2n) is 5.00. The minimum Gasteiger partial charge on any atom is -0.462 e. The number of aliphatic hydroxyl groups is 1. The molecule has 1 saturated heterocycles. The Kier molecular flexibility index (Phi) is 9.03. The van der Waals surface area contributed by atoms with E-state index in [1.165, 1.54) is 0 Å². The van der Waals surface area contributed by atoms with Crippen molar-refractivity contribution in [3.05, 3.63) is 0 Å². The van der Waals surface area contributed by atoms with Crippen molar-refractivity contribution in [3.8, 4) is 0 Å². The van der Waals surface area contributed by atoms with E-state index in [-0.39, 0.29) is 5.60 Å². The molecule has 5 heteroatoms. The molecule has 0 aromatic rings. The van der Waals surface area contributed by atoms with Crippen molar-refractivity contribution in [2.75, 3.05) is 39.3 Å². The van der Waals surface area contributed by atoms with Crippen LogP contribution >= 0.6 is 0 Å². The van der Waals surface area contributed by atoms with Crippen molar-refractivity contribution in [2.24, 2.45) is 0 Å². The first-order valence-electron chi connectivity index (χ1n) is 6.15. The molecular weight excluding hydrogens is 220 g/mol. The molecule has 0 unspecified atom stereocenters. The molecule has 2 N–H and O–H groups in total. The van der Waals surface area contributed by atoms with Gasteiger partial charge in [0.1, 0.15) is 5.60 Å². The van der Waals surface area contributed by atoms with Crippen molar-refractivity contribution in [1.82, 2.24) is 10.2 Å². The second-order valence-corrected chi connectivity index (χ2v) is 5.00. The summed E-state index contributed by atoms with van der Waals surface area (Å²) in [7, 11) is 0. The van der Waals surface area contributed by atoms with Gasteiger partial charge in [-0.25, -0.2) is 0 Å². The van der Waals surface area contributed by atoms with Crippen LogP contribution in [0.1, 0.15) is 27.2 Å². The van der Waals surface area contributed by atoms with Gasteiger partial charge in [0, 0.05) is 39.3 Å². The van der Waals surface area contributed by atoms with Crippen molar-refractivity contribution < 1.29 is 14.6 Å². The van der Waals surface area contributed by atoms with E-state index < -0.39 is 0 Å². The first-order chi connectivity index (χ1) is 7.99. The molecule has 1 fully saturated rings. The molecule has 0 spiro atoms. The summed E-state index contributed by atoms with van der Waals surface area (Å²) in [6.45, 7) is 11.8. The Bertz CT molecular complexity index is 187. The van der Waals surface area contributed by atoms with E-state index in [4.69, 9.17) is 5.11 Å². The Labute approximate surface area is 104 Å². The summed E-state index contributed by atoms with van der Waals surface area (Å²) in [5.74, 6) is 0. The molecule has 17 heavy (non-hydrogen) atoms. The Hall–Kier alpha value is -0.650. The van der Waals surface area contributed by atoms with Crippen LogP contribution in [0.4, 0.5) is 0 Å². The van der Waals surface area contributed by atoms with Gasteiger partial charge in [0.05, 0.1) is 0 Å². The maximum atomic E-state index is 9.60. The average Bonchev–Trinajstić information content (AvgIpc) is 2.27. The van der Waals surface area contributed by atoms with Crippen molar-refractivity contribution >= 4 is 6.47 Å². The van der Waals surface area contributed by atoms with E-state index in [1.807, 2.05) is 20.8 Å². The number of ether oxygens (including phenoxy) is 1. The molecule has 0 aliphatic carbocycles. The predicted octanol–water partition coefficient (Wildman–Crippen LogP) is 0.232. The maximum absolute atomic E-state index is 9.60. The molecule has 0 aromatic heterocycles. The summed E-state index contributed by atoms with van der Waals surface area (Å²) in [6, 6.07) is 0. The van der Waals surface area contributed by atoms with Crippen LogP contribution in [0.2, 0.25) is 0 Å². The molecule has 102 valence electrons. The third-order valence-corrected chi connectivity index (χ3v) is 2.24. The summed E-state index contributed by atoms with van der Waals surface area (Å²) in [5, 5.41) is 11.8. The highest BCUT2D eigenvalue weighted by atomic mass is 16.5. The second kappa shape index (κ2) is 9.39. The molecule has 1 aliphatic heterocycles. The molecule has 1 rings (SSSR count). The highest BCUT2D eigenvalue weighted by Gasteiger charge is 2.08. The summed E-state index contributed by atoms with van der Waals surface area (Å²) in [5.41, 5.74) is -0.318. The lowest BCUT2D eigenvalue weighted by atomic mass is 10.2. The van der Waals surface area contributed by atoms with Crippen LogP contribution in [0.25, 0.3) is 0 Å². The van der Waals surface area contributed by atoms with E-state index in [9.17, 15) is 4.79 Å². The van der Waals surface area contributed by atoms with Crippen molar-refractivity contribution in [2.45, 2.75) is 32.8 Å². The van der Waals surface area contributed by atoms with E-state index >= 15 is 0 Å². The van der Waals surface area contributed by atoms with Crippen LogP contribution in [0.15, 0.2) is 0 Å². The summed E-state index contributed by atoms with van der Waals surface area (Å²) >= 11 is 0. The van der Waals surface area contributed by atoms with Gasteiger partial charge < -0.3 is 20.1 Å². The van der Waals surface area contributed by atoms with Gasteiger partial charge in [0.2, 0.25) is 0 Å². The van der Waals surface area contributed by atoms with Crippen LogP contribution in [-0.4, -0.2) is 61.4 Å². The highest BCUT2D eigenvalue weighted by Crippen LogP contribution is 2.02. The smallest absolute Gasteiger partial charge is 0.293 e. The average molecular weight is 246 g/mol. The van der Waals surface area contributed by atoms with E-state index in [1.54, 1.807) is 0 Å². The normalized spacial score (nSPS) is 16.9. The minimum atomic E-state index is -0.318. The van der Waals surface area contributed by atoms with Crippen LogP contribution in [0, 0.1) is 0 Å². The van der Waals surface area contributed by atoms with Gasteiger partial charge in [0.15, 0.2) is 0 Å². The molecule has 0 bridgehead atoms. The molecule has 1 aliphatic rings. The fourth-order valence-electron chi connectivity index (χ4n) is 1.37. The van der Waals surface area contributed by atoms with Gasteiger partial charge >= 0.3 is 0 Å². The molecule has 5 nitrogen and oxygen atoms in total. The number of rotatable bonds is 4. The van der Waals surface area contributed by atoms with Crippen LogP contribution in [-0.2, 0) is 9.53 Å². The number of piperazine rings is 1. The number of aliphatic hydroxyl groups excluding tert-OH is 1. The number of hydrogen-bond donors (Lipinski definition) is 2. The number of carbonyl (C=O) groups excluding carboxylic acids is 1. The van der Waals surface area contributed by atoms with Crippen molar-refractivity contribution in [3.63, 3.8) is 0 Å². The Morgan fingerprint density at radius 2 is 1.94 bits per heavy atom. The minimum absolute atomic E-state index is 0.318. The molecule has 0 amide bonds. The third kappa shape index (κ3) is 11.6. The summed E-state index contributed by atoms with van der Waals surface area (Å²) < 4.78 is 4.55. The quantitative estimate of drug-likeness (QED) is 0.695. The summed E-state index contributed by atoms with van der Waals surface area (Å²) in [6.07, 6.45) is 0.917. The van der Waals surface area contributed by atoms with Gasteiger partial charge in [-0.2, -0.15) is 0 Å². The highest BCUT2D eigenvalue weighted by molar-refractivity contribution is 5.37. The zero-order valence-electron chi connectivity index (χ0n) is 11.2. The van der Waals surface area contributed by atoms with Crippen LogP contribution < -0.4 is 5.32 Å². The number of hydrogen-bond acceptors (Lipinski definition) is 5. The Balaban J connectivity index is 0.000000325. The standard InChI is InChI=1S/C7H16N2O.C5H10O2/c10-7-1-4-9-5-2-8-3-6-9;1-5(2,3)7-4-6/h8,10H,1-7H2;4H,1-3H3. The largest absolute Gasteiger partial charge is 0.462 e. The molecule has 1 heterocycles. The van der Waals surface area contributed by atoms with Crippen molar-refractivity contribution in [1.29, 1.82) is 0 Å². The SMILES string of the molecule is CC(C)(C)OC=O.OCCCN1CCNCC1. The topological polar surface area (TPSA) is 61.8 Å². The van der Waals surface area contributed by atoms with Gasteiger partial charge in [-0.3, -0.25) is 4.79 Å². The number of nitrogens with one attached hydrogen (secondary N) is 1. The zero-order chi connectivity index (χ0) is 13.1. The first kappa shape index (κ1) is 16.4. The number of nitrogens with zero attached hydrogens (tertiary/aromatic N) is 1. The first-order valence-corrected chi connectivity index (χ1v) is 6.15. The monoisotopic (exact) mass is 246 g/mol. The lowest BCUT2D eigenvalue weighted by Gasteiger charge is -2.26. The van der Waals surface area contributed by atoms with E-state index in [2.05, 4.69) is 15.0 Å². The van der Waals surface area contributed by atoms with Gasteiger partial charge in [0.25, 0.3) is 6.47 Å². The fraction of sp³-hybridized carbons (Fsp3) is 0.917. The molecule has 0 atom stereocenters. The lowest BCUT2D eigenvalue weighted by Crippen LogP contribution is -2.43. The molecule has 0 radical (unpaired) electrons. The molecular formula is C12H26N2O3. The number of carbonyl (C=O) groups is 1. The Morgan fingerprint density at radius 1 is 1.35 bits per heavy atom.